The van der Waals surface area contributed by atoms with E-state index in [9.17, 15) is 14.3 Å². The molecule has 0 amide bonds. The largest absolute Gasteiger partial charge is 0.503 e. The topological polar surface area (TPSA) is 104 Å². The second-order valence-electron chi connectivity index (χ2n) is 6.20. The van der Waals surface area contributed by atoms with Crippen molar-refractivity contribution < 1.29 is 28.5 Å². The molecular weight excluding hydrogens is 423 g/mol. The molecule has 0 aliphatic rings. The van der Waals surface area contributed by atoms with Gasteiger partial charge in [-0.1, -0.05) is 39.4 Å². The summed E-state index contributed by atoms with van der Waals surface area (Å²) < 4.78 is 27.8. The summed E-state index contributed by atoms with van der Waals surface area (Å²) in [6, 6.07) is 7.23. The first kappa shape index (κ1) is 28.1. The summed E-state index contributed by atoms with van der Waals surface area (Å²) in [5.74, 6) is 0.189. The molecule has 0 fully saturated rings. The van der Waals surface area contributed by atoms with Gasteiger partial charge in [0.05, 0.1) is 7.11 Å². The number of nitrogens with zero attached hydrogens (tertiary/aromatic N) is 1. The zero-order chi connectivity index (χ0) is 23.8. The van der Waals surface area contributed by atoms with Crippen LogP contribution >= 0.6 is 12.2 Å². The summed E-state index contributed by atoms with van der Waals surface area (Å²) in [4.78, 5) is 14.7. The minimum atomic E-state index is -0.308. The van der Waals surface area contributed by atoms with Crippen LogP contribution < -0.4 is 15.2 Å². The number of pyridine rings is 1. The highest BCUT2D eigenvalue weighted by Gasteiger charge is 2.10. The van der Waals surface area contributed by atoms with Crippen molar-refractivity contribution in [3.8, 4) is 17.2 Å². The Balaban J connectivity index is 0.000000531. The molecule has 7 nitrogen and oxygen atoms in total. The number of aromatic nitrogens is 1. The van der Waals surface area contributed by atoms with E-state index < -0.39 is 0 Å². The zero-order valence-corrected chi connectivity index (χ0v) is 19.4. The van der Waals surface area contributed by atoms with Crippen molar-refractivity contribution in [2.45, 2.75) is 46.6 Å². The second kappa shape index (κ2) is 15.8. The van der Waals surface area contributed by atoms with Gasteiger partial charge < -0.3 is 25.1 Å². The quantitative estimate of drug-likeness (QED) is 0.469. The molecule has 0 saturated heterocycles. The molecule has 2 aromatic rings. The van der Waals surface area contributed by atoms with Gasteiger partial charge in [0.25, 0.3) is 0 Å². The molecule has 0 saturated carbocycles. The molecular formula is C22H31FN2O5S. The molecule has 0 aliphatic heterocycles. The maximum Gasteiger partial charge on any atom is 0.305 e. The summed E-state index contributed by atoms with van der Waals surface area (Å²) in [5.41, 5.74) is 5.48. The number of hydrogen-bond donors (Lipinski definition) is 2. The van der Waals surface area contributed by atoms with Crippen LogP contribution in [0.3, 0.4) is 0 Å². The first-order chi connectivity index (χ1) is 14.7. The summed E-state index contributed by atoms with van der Waals surface area (Å²) in [6.07, 6.45) is 2.82. The van der Waals surface area contributed by atoms with Crippen molar-refractivity contribution >= 4 is 23.2 Å². The van der Waals surface area contributed by atoms with Gasteiger partial charge in [-0.25, -0.2) is 9.37 Å². The first-order valence-electron chi connectivity index (χ1n) is 9.79. The van der Waals surface area contributed by atoms with Gasteiger partial charge in [-0.05, 0) is 31.2 Å². The predicted molar refractivity (Wildman–Crippen MR) is 122 cm³/mol. The van der Waals surface area contributed by atoms with Gasteiger partial charge in [0.15, 0.2) is 11.5 Å². The van der Waals surface area contributed by atoms with E-state index in [-0.39, 0.29) is 40.9 Å². The number of benzene rings is 1. The molecule has 1 unspecified atom stereocenters. The molecule has 31 heavy (non-hydrogen) atoms. The maximum absolute atomic E-state index is 12.6. The van der Waals surface area contributed by atoms with Gasteiger partial charge in [-0.15, -0.1) is 0 Å². The molecule has 172 valence electrons. The predicted octanol–water partition coefficient (Wildman–Crippen LogP) is 4.39. The third-order valence-corrected chi connectivity index (χ3v) is 3.45. The van der Waals surface area contributed by atoms with Gasteiger partial charge in [-0.3, -0.25) is 4.79 Å². The van der Waals surface area contributed by atoms with Crippen molar-refractivity contribution in [3.05, 3.63) is 48.0 Å². The number of hydrogen-bond acceptors (Lipinski definition) is 7. The van der Waals surface area contributed by atoms with E-state index in [1.54, 1.807) is 13.8 Å². The van der Waals surface area contributed by atoms with Gasteiger partial charge in [0.2, 0.25) is 0 Å². The van der Waals surface area contributed by atoms with Crippen molar-refractivity contribution in [2.24, 2.45) is 5.73 Å². The molecule has 2 rings (SSSR count). The minimum Gasteiger partial charge on any atom is -0.503 e. The lowest BCUT2D eigenvalue weighted by molar-refractivity contribution is -0.145. The normalized spacial score (nSPS) is 10.4. The third-order valence-electron chi connectivity index (χ3n) is 3.26. The smallest absolute Gasteiger partial charge is 0.305 e. The second-order valence-corrected chi connectivity index (χ2v) is 6.64. The number of esters is 1. The SMILES string of the molecule is CCC.CCC(=O)OCC(C)Oc1ccc(F)cc1.COc1ccnc(C(N)=S)c1O. The van der Waals surface area contributed by atoms with Crippen molar-refractivity contribution in [2.75, 3.05) is 13.7 Å². The molecule has 1 aromatic carbocycles. The van der Waals surface area contributed by atoms with Crippen molar-refractivity contribution in [1.29, 1.82) is 0 Å². The van der Waals surface area contributed by atoms with Crippen molar-refractivity contribution in [1.82, 2.24) is 4.98 Å². The van der Waals surface area contributed by atoms with Gasteiger partial charge in [0.1, 0.15) is 35.0 Å². The van der Waals surface area contributed by atoms with Crippen LogP contribution in [0.2, 0.25) is 0 Å². The van der Waals surface area contributed by atoms with Crippen LogP contribution in [0.25, 0.3) is 0 Å². The molecule has 1 heterocycles. The number of nitrogens with two attached hydrogens (primary N) is 1. The van der Waals surface area contributed by atoms with Gasteiger partial charge in [0, 0.05) is 18.7 Å². The molecule has 9 heteroatoms. The molecule has 0 radical (unpaired) electrons. The monoisotopic (exact) mass is 454 g/mol. The van der Waals surface area contributed by atoms with Gasteiger partial charge in [-0.2, -0.15) is 0 Å². The van der Waals surface area contributed by atoms with E-state index in [4.69, 9.17) is 19.9 Å². The van der Waals surface area contributed by atoms with Crippen LogP contribution in [-0.4, -0.2) is 40.9 Å². The molecule has 0 aliphatic carbocycles. The Morgan fingerprint density at radius 2 is 1.81 bits per heavy atom. The first-order valence-corrected chi connectivity index (χ1v) is 10.2. The number of carbonyl (C=O) groups is 1. The molecule has 3 N–H and O–H groups in total. The highest BCUT2D eigenvalue weighted by atomic mass is 32.1. The summed E-state index contributed by atoms with van der Waals surface area (Å²) in [7, 11) is 1.44. The number of ether oxygens (including phenoxy) is 3. The van der Waals surface area contributed by atoms with Crippen LogP contribution in [0, 0.1) is 5.82 Å². The average Bonchev–Trinajstić information content (AvgIpc) is 2.74. The molecule has 1 atom stereocenters. The Morgan fingerprint density at radius 1 is 1.23 bits per heavy atom. The molecule has 1 aromatic heterocycles. The van der Waals surface area contributed by atoms with E-state index in [0.29, 0.717) is 17.9 Å². The Labute approximate surface area is 188 Å². The van der Waals surface area contributed by atoms with E-state index >= 15 is 0 Å². The fraction of sp³-hybridized carbons (Fsp3) is 0.409. The fourth-order valence-electron chi connectivity index (χ4n) is 1.87. The number of aromatic hydroxyl groups is 1. The number of thiocarbonyl (C=S) groups is 1. The summed E-state index contributed by atoms with van der Waals surface area (Å²) in [5, 5.41) is 9.40. The lowest BCUT2D eigenvalue weighted by Gasteiger charge is -2.14. The lowest BCUT2D eigenvalue weighted by atomic mass is 10.3. The standard InChI is InChI=1S/C12H15FO3.C7H8N2O2S.C3H8/c1-3-12(14)15-8-9(2)16-11-6-4-10(13)5-7-11;1-11-4-2-3-9-5(6(4)10)7(8)12;1-3-2/h4-7,9H,3,8H2,1-2H3;2-3,10H,1H3,(H2,8,12);3H2,1-2H3. The van der Waals surface area contributed by atoms with E-state index in [0.717, 1.165) is 0 Å². The molecule has 0 bridgehead atoms. The number of carbonyl (C=O) groups excluding carboxylic acids is 1. The van der Waals surface area contributed by atoms with Crippen LogP contribution in [0.15, 0.2) is 36.5 Å². The van der Waals surface area contributed by atoms with E-state index in [2.05, 4.69) is 31.0 Å². The summed E-state index contributed by atoms with van der Waals surface area (Å²) in [6.45, 7) is 7.96. The highest BCUT2D eigenvalue weighted by Crippen LogP contribution is 2.27. The summed E-state index contributed by atoms with van der Waals surface area (Å²) >= 11 is 4.66. The Morgan fingerprint density at radius 3 is 2.29 bits per heavy atom. The number of methoxy groups -OCH3 is 1. The lowest BCUT2D eigenvalue weighted by Crippen LogP contribution is -2.21. The number of halogens is 1. The maximum atomic E-state index is 12.6. The van der Waals surface area contributed by atoms with Crippen LogP contribution in [0.1, 0.15) is 46.2 Å². The Kier molecular flexibility index (Phi) is 14.3. The zero-order valence-electron chi connectivity index (χ0n) is 18.6. The minimum absolute atomic E-state index is 0.0476. The Bertz CT molecular complexity index is 803. The number of rotatable bonds is 7. The van der Waals surface area contributed by atoms with Crippen LogP contribution in [0.4, 0.5) is 4.39 Å². The van der Waals surface area contributed by atoms with Crippen LogP contribution in [-0.2, 0) is 9.53 Å². The average molecular weight is 455 g/mol. The van der Waals surface area contributed by atoms with Crippen molar-refractivity contribution in [3.63, 3.8) is 0 Å². The van der Waals surface area contributed by atoms with Gasteiger partial charge >= 0.3 is 5.97 Å². The highest BCUT2D eigenvalue weighted by molar-refractivity contribution is 7.80. The van der Waals surface area contributed by atoms with E-state index in [1.807, 2.05) is 0 Å². The van der Waals surface area contributed by atoms with Crippen LogP contribution in [0.5, 0.6) is 17.2 Å². The Hall–Kier alpha value is -2.94. The fourth-order valence-corrected chi connectivity index (χ4v) is 2.02. The molecule has 0 spiro atoms. The van der Waals surface area contributed by atoms with E-state index in [1.165, 1.54) is 50.1 Å². The third kappa shape index (κ3) is 11.7.